The number of halogens is 2. The number of ether oxygens (including phenoxy) is 8. The Balaban J connectivity index is 0.000000399. The highest BCUT2D eigenvalue weighted by Crippen LogP contribution is 2.45. The number of aliphatic hydroxyl groups is 1. The number of esters is 3. The molecule has 3 amide bonds. The normalized spacial score (nSPS) is 11.4. The van der Waals surface area contributed by atoms with Crippen molar-refractivity contribution in [1.82, 2.24) is 35.9 Å². The van der Waals surface area contributed by atoms with Crippen molar-refractivity contribution < 1.29 is 101 Å². The number of Topliss-reactive ketones (excluding diaryl/α,β-unsaturated/α-hetero) is 2. The van der Waals surface area contributed by atoms with Crippen molar-refractivity contribution in [3.63, 3.8) is 0 Å². The molecule has 37 nitrogen and oxygen atoms in total. The fourth-order valence-corrected chi connectivity index (χ4v) is 16.0. The average Bonchev–Trinajstić information content (AvgIpc) is 0.979. The third-order valence-electron chi connectivity index (χ3n) is 18.6. The van der Waals surface area contributed by atoms with Gasteiger partial charge in [-0.05, 0) is 200 Å². The highest BCUT2D eigenvalue weighted by molar-refractivity contribution is 7.98. The summed E-state index contributed by atoms with van der Waals surface area (Å²) < 4.78 is 41.6. The van der Waals surface area contributed by atoms with E-state index < -0.39 is 77.1 Å². The Morgan fingerprint density at radius 1 is 0.497 bits per heavy atom. The van der Waals surface area contributed by atoms with Gasteiger partial charge in [0.15, 0.2) is 5.78 Å². The van der Waals surface area contributed by atoms with E-state index in [2.05, 4.69) is 52.7 Å². The lowest BCUT2D eigenvalue weighted by atomic mass is 10.00. The van der Waals surface area contributed by atoms with Crippen LogP contribution in [0, 0.1) is 35.8 Å². The summed E-state index contributed by atoms with van der Waals surface area (Å²) in [5, 5.41) is 62.0. The lowest BCUT2D eigenvalue weighted by Gasteiger charge is -2.23. The van der Waals surface area contributed by atoms with E-state index >= 15 is 0 Å². The van der Waals surface area contributed by atoms with E-state index in [9.17, 15) is 58.5 Å². The number of carbonyl (C=O) groups excluding carboxylic acids is 8. The number of anilines is 2. The minimum atomic E-state index is -1.24. The number of hydrogen-bond acceptors (Lipinski definition) is 34. The van der Waals surface area contributed by atoms with Gasteiger partial charge in [0.05, 0.1) is 54.3 Å². The first kappa shape index (κ1) is 124. The molecule has 9 rings (SSSR count). The van der Waals surface area contributed by atoms with E-state index in [1.165, 1.54) is 46.2 Å². The fourth-order valence-electron chi connectivity index (χ4n) is 12.1. The minimum absolute atomic E-state index is 0. The van der Waals surface area contributed by atoms with Gasteiger partial charge in [0.2, 0.25) is 11.4 Å². The van der Waals surface area contributed by atoms with Crippen molar-refractivity contribution in [2.45, 2.75) is 236 Å². The maximum Gasteiger partial charge on any atom is 0.408 e. The summed E-state index contributed by atoms with van der Waals surface area (Å²) in [5.41, 5.74) is 33.6. The van der Waals surface area contributed by atoms with Crippen LogP contribution in [0.5, 0.6) is 11.5 Å². The number of pyridine rings is 2. The number of amides is 3. The van der Waals surface area contributed by atoms with E-state index in [1.807, 2.05) is 110 Å². The van der Waals surface area contributed by atoms with E-state index in [0.717, 1.165) is 38.1 Å². The molecule has 4 aromatic heterocycles. The van der Waals surface area contributed by atoms with Crippen LogP contribution in [0.25, 0.3) is 53.1 Å². The number of nitrogen functional groups attached to an aromatic ring is 2. The van der Waals surface area contributed by atoms with Crippen LogP contribution in [0.4, 0.5) is 37.4 Å². The lowest BCUT2D eigenvalue weighted by molar-refractivity contribution is -0.155. The number of alkyl carbamates (subject to hydrolysis) is 3. The Morgan fingerprint density at radius 3 is 1.34 bits per heavy atom. The number of thioether (sulfide) groups is 2. The lowest BCUT2D eigenvalue weighted by Crippen LogP contribution is -2.44. The number of nitriles is 2. The summed E-state index contributed by atoms with van der Waals surface area (Å²) >= 11 is 17.7. The predicted molar refractivity (Wildman–Crippen MR) is 560 cm³/mol. The third kappa shape index (κ3) is 47.7. The molecule has 0 saturated heterocycles. The second kappa shape index (κ2) is 62.9. The molecule has 0 aliphatic heterocycles. The second-order valence-corrected chi connectivity index (χ2v) is 39.7. The number of nitrogens with two attached hydrogens (primary N) is 5. The predicted octanol–water partition coefficient (Wildman–Crippen LogP) is 19.2. The van der Waals surface area contributed by atoms with Crippen LogP contribution in [0.2, 0.25) is 10.0 Å². The summed E-state index contributed by atoms with van der Waals surface area (Å²) in [6.07, 6.45) is -0.0855. The van der Waals surface area contributed by atoms with Gasteiger partial charge in [-0.25, -0.2) is 48.8 Å². The number of benzene rings is 5. The molecule has 0 spiro atoms. The summed E-state index contributed by atoms with van der Waals surface area (Å²) in [7, 11) is 0. The zero-order chi connectivity index (χ0) is 107. The largest absolute Gasteiger partial charge is 0.491 e. The number of thiazole rings is 2. The molecular formula is C102H126Cl2N16O21S4. The average molecular weight is 2110 g/mol. The molecule has 0 aliphatic carbocycles. The molecule has 43 heteroatoms. The number of carboxylic acid groups (broad SMARTS) is 2. The smallest absolute Gasteiger partial charge is 0.408 e. The Morgan fingerprint density at radius 2 is 0.910 bits per heavy atom. The van der Waals surface area contributed by atoms with E-state index in [-0.39, 0.29) is 149 Å². The van der Waals surface area contributed by atoms with Gasteiger partial charge in [-0.15, -0.1) is 22.7 Å². The summed E-state index contributed by atoms with van der Waals surface area (Å²) in [4.78, 5) is 141. The molecule has 0 radical (unpaired) electrons. The Labute approximate surface area is 871 Å². The van der Waals surface area contributed by atoms with Gasteiger partial charge >= 0.3 is 48.1 Å². The highest BCUT2D eigenvalue weighted by Gasteiger charge is 2.30. The number of hydrogen-bond donors (Lipinski definition) is 11. The van der Waals surface area contributed by atoms with Gasteiger partial charge < -0.3 is 97.8 Å². The van der Waals surface area contributed by atoms with Gasteiger partial charge in [0.25, 0.3) is 0 Å². The van der Waals surface area contributed by atoms with Crippen LogP contribution in [0.3, 0.4) is 0 Å². The summed E-state index contributed by atoms with van der Waals surface area (Å²) in [5.74, 6) is -1.83. The number of aliphatic carboxylic acids is 2. The fraction of sp³-hybridized carbons (Fsp3) is 0.412. The number of rotatable bonds is 43. The van der Waals surface area contributed by atoms with Gasteiger partial charge in [-0.1, -0.05) is 133 Å². The van der Waals surface area contributed by atoms with Gasteiger partial charge in [-0.3, -0.25) is 28.8 Å². The van der Waals surface area contributed by atoms with Crippen molar-refractivity contribution >= 4 is 152 Å². The Hall–Kier alpha value is -13.6. The van der Waals surface area contributed by atoms with Crippen LogP contribution in [-0.4, -0.2) is 182 Å². The van der Waals surface area contributed by atoms with Crippen LogP contribution in [0.1, 0.15) is 196 Å². The van der Waals surface area contributed by atoms with E-state index in [0.29, 0.717) is 111 Å². The summed E-state index contributed by atoms with van der Waals surface area (Å²) in [6.45, 7) is 37.7. The number of carboxylic acids is 2. The first-order valence-corrected chi connectivity index (χ1v) is 49.7. The molecule has 9 aromatic rings. The highest BCUT2D eigenvalue weighted by atomic mass is 35.5. The number of nitrogens with one attached hydrogen (secondary N) is 3. The number of aliphatic hydroxyl groups excluding tert-OH is 1. The van der Waals surface area contributed by atoms with E-state index in [1.54, 1.807) is 111 Å². The zero-order valence-corrected chi connectivity index (χ0v) is 86.9. The molecule has 778 valence electrons. The monoisotopic (exact) mass is 2110 g/mol. The van der Waals surface area contributed by atoms with Gasteiger partial charge in [-0.2, -0.15) is 10.5 Å². The first-order valence-electron chi connectivity index (χ1n) is 45.2. The zero-order valence-electron chi connectivity index (χ0n) is 82.1. The number of nitrogens with zero attached hydrogens (tertiary/aromatic N) is 8. The Bertz CT molecular complexity index is 5910. The maximum absolute atomic E-state index is 12.3. The molecule has 145 heavy (non-hydrogen) atoms. The maximum atomic E-state index is 12.3. The SMILES string of the molecule is C.CC(C)(C)OC(=O)CCCN.CC(C)(C)OC(=O)NCCCC(=O)[C@H](CCC(=O)O)NC(=O)OC(C)(C)C.CC(C)(C)OC(=O)N[C@@H](CCC(=O)OCc1ccccc1)C(=O)O.[C-]#[N+]c1c(N)nc(SCc2csc(-c3ccc(Cl)cc3)n2)c(C#N)c1-c1ccc(OCCO)cc1.[C-]#[N+]c1c(N)nc(SCc2csc(-c3ccc(Cl)cc3)n2)c(C#N)c1-c1ccc(OCCOC(=O)CC[C@H](N)C(=O)CCCN)cc1. The third-order valence-corrected chi connectivity index (χ3v) is 23.0. The van der Waals surface area contributed by atoms with E-state index in [4.69, 9.17) is 123 Å². The number of aromatic nitrogens is 4. The van der Waals surface area contributed by atoms with Crippen LogP contribution in [0.15, 0.2) is 148 Å². The van der Waals surface area contributed by atoms with Gasteiger partial charge in [0, 0.05) is 99.6 Å². The van der Waals surface area contributed by atoms with Crippen LogP contribution in [-0.2, 0) is 80.1 Å². The molecule has 3 atom stereocenters. The summed E-state index contributed by atoms with van der Waals surface area (Å²) in [6, 6.07) is 39.4. The van der Waals surface area contributed by atoms with Crippen LogP contribution >= 0.6 is 69.4 Å². The molecule has 0 bridgehead atoms. The molecular weight excluding hydrogens is 1980 g/mol. The van der Waals surface area contributed by atoms with Crippen molar-refractivity contribution in [1.29, 1.82) is 10.5 Å². The Kier molecular flexibility index (Phi) is 53.7. The van der Waals surface area contributed by atoms with Gasteiger partial charge in [0.1, 0.15) is 116 Å². The quantitative estimate of drug-likeness (QED) is 0.00556. The van der Waals surface area contributed by atoms with Crippen molar-refractivity contribution in [2.24, 2.45) is 17.2 Å². The topological polar surface area (TPSA) is 579 Å². The molecule has 0 saturated carbocycles. The first-order chi connectivity index (χ1) is 68.1. The molecule has 0 unspecified atom stereocenters. The molecule has 16 N–H and O–H groups in total. The molecule has 5 aromatic carbocycles. The van der Waals surface area contributed by atoms with Crippen molar-refractivity contribution in [2.75, 3.05) is 57.5 Å². The molecule has 0 fully saturated rings. The number of carbonyl (C=O) groups is 10. The molecule has 0 aliphatic rings. The second-order valence-electron chi connectivity index (χ2n) is 35.2. The van der Waals surface area contributed by atoms with Crippen molar-refractivity contribution in [3.8, 4) is 67.0 Å². The van der Waals surface area contributed by atoms with Crippen LogP contribution < -0.4 is 54.1 Å². The minimum Gasteiger partial charge on any atom is -0.491 e. The standard InChI is InChI=1S/C33H32ClN7O4S2.C25H18ClN5O2S2.C18H32N2O7.C17H23NO6.C8H17NO2.CH4/c1-39-30-29(20-6-10-24(11-7-20)44-15-16-45-28(43)13-12-26(37)27(42)3-2-14-35)25(17-36)33(41-31(30)38)47-19-23-18-46-32(40-23)21-4-8-22(34)9-5-21;1-29-22-21(15-4-8-19(9-5-15)33-11-10-32)20(12-27)25(31-23(22)28)35-14-18-13-34-24(30-18)16-2-6-17(26)7-3-16;1-17(2,3)26-15(24)19-11-7-8-13(21)12(9-10-14(22)23)20-16(25)27-18(4,5)6;1-17(2,3)24-16(22)18-13(15(20)21)9-10-14(19)23-11-12-7-5-4-6-8-12;1-8(2,3)11-7(10)5-4-6-9;/h4-11,18,26H,2-3,12-16,19,35,37H2,(H2,38,41);2-9,13,32H,10-11,14H2,(H2,28,31);12H,7-11H2,1-6H3,(H,19,24)(H,20,25)(H,22,23);4-8,13H,9-11H2,1-3H3,(H,18,22)(H,20,21);4-6,9H2,1-3H3;1H4/t26-;;12-;13-;;/m0.00../s1. The van der Waals surface area contributed by atoms with Crippen molar-refractivity contribution in [3.05, 3.63) is 199 Å². The molecule has 4 heterocycles. The number of ketones is 2.